The van der Waals surface area contributed by atoms with Gasteiger partial charge in [-0.1, -0.05) is 37.9 Å². The number of nitrogens with two attached hydrogens (primary N) is 1. The maximum Gasteiger partial charge on any atom is 0.111 e. The summed E-state index contributed by atoms with van der Waals surface area (Å²) < 4.78 is 1.04. The molecular weight excluding hydrogens is 240 g/mol. The molecule has 0 saturated heterocycles. The van der Waals surface area contributed by atoms with Crippen molar-refractivity contribution in [2.45, 2.75) is 26.3 Å². The summed E-state index contributed by atoms with van der Waals surface area (Å²) >= 11 is 7.73. The second-order valence-corrected chi connectivity index (χ2v) is 5.49. The number of benzene rings is 1. The third-order valence-corrected chi connectivity index (χ3v) is 4.56. The number of nitrogens with zero attached hydrogens (tertiary/aromatic N) is 1. The Hall–Kier alpha value is -0.640. The third kappa shape index (κ3) is 2.08. The number of aromatic nitrogens is 1. The minimum absolute atomic E-state index is 0.0125. The Kier molecular flexibility index (Phi) is 3.47. The minimum Gasteiger partial charge on any atom is -0.322 e. The molecule has 0 aliphatic carbocycles. The number of hydrogen-bond donors (Lipinski definition) is 1. The van der Waals surface area contributed by atoms with Crippen molar-refractivity contribution < 1.29 is 0 Å². The number of halogens is 1. The van der Waals surface area contributed by atoms with Crippen LogP contribution in [0, 0.1) is 5.92 Å². The molecule has 0 amide bonds. The summed E-state index contributed by atoms with van der Waals surface area (Å²) in [6.45, 7) is 4.29. The van der Waals surface area contributed by atoms with Gasteiger partial charge in [0.15, 0.2) is 0 Å². The molecule has 2 N–H and O–H groups in total. The van der Waals surface area contributed by atoms with Crippen molar-refractivity contribution in [3.63, 3.8) is 0 Å². The maximum absolute atomic E-state index is 6.17. The quantitative estimate of drug-likeness (QED) is 0.899. The standard InChI is InChI=1S/C12H15ClN2S/c1-3-7(2)10(14)12-15-9-6-4-5-8(13)11(9)16-12/h4-7,10H,3,14H2,1-2H3. The fraction of sp³-hybridized carbons (Fsp3) is 0.417. The van der Waals surface area contributed by atoms with Gasteiger partial charge in [0.25, 0.3) is 0 Å². The maximum atomic E-state index is 6.17. The highest BCUT2D eigenvalue weighted by Gasteiger charge is 2.18. The zero-order valence-corrected chi connectivity index (χ0v) is 11.0. The summed E-state index contributed by atoms with van der Waals surface area (Å²) in [5.74, 6) is 0.444. The Morgan fingerprint density at radius 1 is 1.50 bits per heavy atom. The van der Waals surface area contributed by atoms with E-state index in [-0.39, 0.29) is 6.04 Å². The van der Waals surface area contributed by atoms with Crippen molar-refractivity contribution in [1.82, 2.24) is 4.98 Å². The summed E-state index contributed by atoms with van der Waals surface area (Å²) in [6.07, 6.45) is 1.06. The SMILES string of the molecule is CCC(C)C(N)c1nc2cccc(Cl)c2s1. The second kappa shape index (κ2) is 4.70. The first kappa shape index (κ1) is 11.8. The lowest BCUT2D eigenvalue weighted by Crippen LogP contribution is -2.18. The van der Waals surface area contributed by atoms with Crippen LogP contribution < -0.4 is 5.73 Å². The molecule has 2 aromatic rings. The van der Waals surface area contributed by atoms with Crippen LogP contribution in [0.5, 0.6) is 0 Å². The largest absolute Gasteiger partial charge is 0.322 e. The van der Waals surface area contributed by atoms with Gasteiger partial charge in [-0.3, -0.25) is 0 Å². The van der Waals surface area contributed by atoms with Gasteiger partial charge in [0, 0.05) is 0 Å². The average Bonchev–Trinajstić information content (AvgIpc) is 2.72. The number of rotatable bonds is 3. The fourth-order valence-corrected chi connectivity index (χ4v) is 2.96. The van der Waals surface area contributed by atoms with Gasteiger partial charge in [0.05, 0.1) is 21.3 Å². The highest BCUT2D eigenvalue weighted by molar-refractivity contribution is 7.19. The smallest absolute Gasteiger partial charge is 0.111 e. The number of hydrogen-bond acceptors (Lipinski definition) is 3. The Balaban J connectivity index is 2.43. The highest BCUT2D eigenvalue weighted by atomic mass is 35.5. The van der Waals surface area contributed by atoms with Gasteiger partial charge < -0.3 is 5.73 Å². The van der Waals surface area contributed by atoms with Crippen LogP contribution >= 0.6 is 22.9 Å². The fourth-order valence-electron chi connectivity index (χ4n) is 1.57. The third-order valence-electron chi connectivity index (χ3n) is 2.93. The molecule has 0 saturated carbocycles. The van der Waals surface area contributed by atoms with Gasteiger partial charge in [0.1, 0.15) is 5.01 Å². The van der Waals surface area contributed by atoms with E-state index in [0.29, 0.717) is 5.92 Å². The topological polar surface area (TPSA) is 38.9 Å². The molecule has 0 radical (unpaired) electrons. The Morgan fingerprint density at radius 3 is 2.88 bits per heavy atom. The summed E-state index contributed by atoms with van der Waals surface area (Å²) in [4.78, 5) is 4.55. The molecule has 0 aliphatic rings. The Bertz CT molecular complexity index is 495. The Morgan fingerprint density at radius 2 is 2.25 bits per heavy atom. The predicted octanol–water partition coefficient (Wildman–Crippen LogP) is 4.00. The molecule has 2 atom stereocenters. The molecule has 0 fully saturated rings. The Labute approximate surface area is 104 Å². The summed E-state index contributed by atoms with van der Waals surface area (Å²) in [6, 6.07) is 5.80. The lowest BCUT2D eigenvalue weighted by atomic mass is 10.0. The molecule has 1 aromatic carbocycles. The van der Waals surface area contributed by atoms with Gasteiger partial charge in [-0.15, -0.1) is 11.3 Å². The zero-order valence-electron chi connectivity index (χ0n) is 9.40. The molecule has 86 valence electrons. The van der Waals surface area contributed by atoms with Crippen LogP contribution in [-0.2, 0) is 0 Å². The van der Waals surface area contributed by atoms with Crippen LogP contribution in [0.25, 0.3) is 10.2 Å². The van der Waals surface area contributed by atoms with Gasteiger partial charge >= 0.3 is 0 Å². The van der Waals surface area contributed by atoms with E-state index in [0.717, 1.165) is 26.7 Å². The van der Waals surface area contributed by atoms with E-state index in [1.807, 2.05) is 18.2 Å². The average molecular weight is 255 g/mol. The first-order valence-electron chi connectivity index (χ1n) is 5.44. The zero-order chi connectivity index (χ0) is 11.7. The predicted molar refractivity (Wildman–Crippen MR) is 71.0 cm³/mol. The van der Waals surface area contributed by atoms with Crippen LogP contribution in [0.3, 0.4) is 0 Å². The molecule has 4 heteroatoms. The van der Waals surface area contributed by atoms with Crippen molar-refractivity contribution in [2.24, 2.45) is 11.7 Å². The van der Waals surface area contributed by atoms with Gasteiger partial charge in [0.2, 0.25) is 0 Å². The van der Waals surface area contributed by atoms with Gasteiger partial charge in [-0.25, -0.2) is 4.98 Å². The lowest BCUT2D eigenvalue weighted by Gasteiger charge is -2.14. The minimum atomic E-state index is 0.0125. The molecule has 1 heterocycles. The second-order valence-electron chi connectivity index (χ2n) is 4.05. The van der Waals surface area contributed by atoms with Gasteiger partial charge in [-0.05, 0) is 18.1 Å². The first-order valence-corrected chi connectivity index (χ1v) is 6.63. The molecule has 1 aromatic heterocycles. The molecule has 0 bridgehead atoms. The van der Waals surface area contributed by atoms with E-state index in [1.165, 1.54) is 0 Å². The molecule has 2 rings (SSSR count). The number of thiazole rings is 1. The molecule has 16 heavy (non-hydrogen) atoms. The van der Waals surface area contributed by atoms with Crippen LogP contribution in [0.15, 0.2) is 18.2 Å². The van der Waals surface area contributed by atoms with E-state index in [9.17, 15) is 0 Å². The van der Waals surface area contributed by atoms with Crippen LogP contribution in [0.1, 0.15) is 31.3 Å². The summed E-state index contributed by atoms with van der Waals surface area (Å²) in [5.41, 5.74) is 7.12. The van der Waals surface area contributed by atoms with Crippen molar-refractivity contribution in [2.75, 3.05) is 0 Å². The molecule has 0 aliphatic heterocycles. The van der Waals surface area contributed by atoms with Crippen LogP contribution in [0.2, 0.25) is 5.02 Å². The summed E-state index contributed by atoms with van der Waals surface area (Å²) in [7, 11) is 0. The number of fused-ring (bicyclic) bond motifs is 1. The van der Waals surface area contributed by atoms with Crippen molar-refractivity contribution in [1.29, 1.82) is 0 Å². The van der Waals surface area contributed by atoms with E-state index >= 15 is 0 Å². The highest BCUT2D eigenvalue weighted by Crippen LogP contribution is 2.33. The van der Waals surface area contributed by atoms with E-state index in [2.05, 4.69) is 18.8 Å². The first-order chi connectivity index (χ1) is 7.63. The molecule has 0 spiro atoms. The normalized spacial score (nSPS) is 15.2. The lowest BCUT2D eigenvalue weighted by molar-refractivity contribution is 0.456. The van der Waals surface area contributed by atoms with E-state index in [4.69, 9.17) is 17.3 Å². The van der Waals surface area contributed by atoms with Crippen molar-refractivity contribution in [3.05, 3.63) is 28.2 Å². The van der Waals surface area contributed by atoms with Crippen molar-refractivity contribution >= 4 is 33.2 Å². The molecule has 2 nitrogen and oxygen atoms in total. The van der Waals surface area contributed by atoms with E-state index in [1.54, 1.807) is 11.3 Å². The van der Waals surface area contributed by atoms with E-state index < -0.39 is 0 Å². The summed E-state index contributed by atoms with van der Waals surface area (Å²) in [5, 5.41) is 1.75. The van der Waals surface area contributed by atoms with Crippen LogP contribution in [0.4, 0.5) is 0 Å². The van der Waals surface area contributed by atoms with Crippen LogP contribution in [-0.4, -0.2) is 4.98 Å². The van der Waals surface area contributed by atoms with Gasteiger partial charge in [-0.2, -0.15) is 0 Å². The molecule has 2 unspecified atom stereocenters. The monoisotopic (exact) mass is 254 g/mol. The molecular formula is C12H15ClN2S. The van der Waals surface area contributed by atoms with Crippen molar-refractivity contribution in [3.8, 4) is 0 Å².